The van der Waals surface area contributed by atoms with E-state index >= 15 is 0 Å². The molecule has 0 aliphatic heterocycles. The number of hydrogen-bond acceptors (Lipinski definition) is 4. The zero-order valence-corrected chi connectivity index (χ0v) is 15.3. The number of Topliss-reactive ketones (excluding diaryl/α,β-unsaturated/α-hetero) is 1. The van der Waals surface area contributed by atoms with Crippen molar-refractivity contribution in [1.82, 2.24) is 0 Å². The van der Waals surface area contributed by atoms with Crippen LogP contribution in [0.5, 0.6) is 5.75 Å². The van der Waals surface area contributed by atoms with Crippen LogP contribution < -0.4 is 10.4 Å². The van der Waals surface area contributed by atoms with Gasteiger partial charge in [0.1, 0.15) is 11.3 Å². The molecule has 28 heavy (non-hydrogen) atoms. The minimum absolute atomic E-state index is 0.101. The first kappa shape index (κ1) is 17.7. The summed E-state index contributed by atoms with van der Waals surface area (Å²) in [6, 6.07) is 23.7. The molecule has 1 aromatic heterocycles. The molecule has 0 saturated heterocycles. The molecule has 0 saturated carbocycles. The maximum Gasteiger partial charge on any atom is 0.336 e. The van der Waals surface area contributed by atoms with Gasteiger partial charge in [0.2, 0.25) is 0 Å². The highest BCUT2D eigenvalue weighted by Crippen LogP contribution is 2.35. The number of fused-ring (bicyclic) bond motifs is 1. The Morgan fingerprint density at radius 2 is 1.61 bits per heavy atom. The van der Waals surface area contributed by atoms with Crippen LogP contribution in [0.25, 0.3) is 22.1 Å². The van der Waals surface area contributed by atoms with Gasteiger partial charge in [0.15, 0.2) is 12.4 Å². The first-order chi connectivity index (χ1) is 13.6. The van der Waals surface area contributed by atoms with Gasteiger partial charge in [-0.15, -0.1) is 0 Å². The Bertz CT molecular complexity index is 1190. The average Bonchev–Trinajstić information content (AvgIpc) is 2.72. The van der Waals surface area contributed by atoms with Gasteiger partial charge >= 0.3 is 5.63 Å². The van der Waals surface area contributed by atoms with E-state index in [-0.39, 0.29) is 12.4 Å². The second-order valence-electron chi connectivity index (χ2n) is 6.56. The minimum atomic E-state index is -0.428. The highest BCUT2D eigenvalue weighted by Gasteiger charge is 2.15. The molecule has 4 rings (SSSR count). The fourth-order valence-electron chi connectivity index (χ4n) is 3.20. The van der Waals surface area contributed by atoms with Crippen molar-refractivity contribution in [2.75, 3.05) is 6.61 Å². The third-order valence-electron chi connectivity index (χ3n) is 4.49. The van der Waals surface area contributed by atoms with Gasteiger partial charge in [0.25, 0.3) is 0 Å². The van der Waals surface area contributed by atoms with Crippen LogP contribution in [0.4, 0.5) is 0 Å². The topological polar surface area (TPSA) is 56.5 Å². The summed E-state index contributed by atoms with van der Waals surface area (Å²) in [4.78, 5) is 24.5. The zero-order chi connectivity index (χ0) is 19.5. The summed E-state index contributed by atoms with van der Waals surface area (Å²) in [6.45, 7) is 1.79. The highest BCUT2D eigenvalue weighted by molar-refractivity contribution is 6.00. The number of hydrogen-bond donors (Lipinski definition) is 0. The lowest BCUT2D eigenvalue weighted by Crippen LogP contribution is -2.12. The van der Waals surface area contributed by atoms with E-state index in [0.717, 1.165) is 11.1 Å². The van der Waals surface area contributed by atoms with Crippen molar-refractivity contribution in [2.24, 2.45) is 0 Å². The summed E-state index contributed by atoms with van der Waals surface area (Å²) in [5.74, 6) is 0.399. The van der Waals surface area contributed by atoms with E-state index in [9.17, 15) is 9.59 Å². The molecule has 0 spiro atoms. The van der Waals surface area contributed by atoms with Gasteiger partial charge in [0.05, 0.1) is 5.39 Å². The molecule has 0 unspecified atom stereocenters. The number of ketones is 1. The monoisotopic (exact) mass is 370 g/mol. The molecule has 4 nitrogen and oxygen atoms in total. The average molecular weight is 370 g/mol. The molecular formula is C24H18O4. The van der Waals surface area contributed by atoms with Crippen molar-refractivity contribution < 1.29 is 13.9 Å². The molecule has 0 N–H and O–H groups in total. The summed E-state index contributed by atoms with van der Waals surface area (Å²) in [7, 11) is 0. The Balaban J connectivity index is 1.79. The second-order valence-corrected chi connectivity index (χ2v) is 6.56. The van der Waals surface area contributed by atoms with E-state index in [1.807, 2.05) is 61.5 Å². The molecule has 1 heterocycles. The molecule has 3 aromatic carbocycles. The number of rotatable bonds is 5. The first-order valence-electron chi connectivity index (χ1n) is 8.97. The quantitative estimate of drug-likeness (QED) is 0.365. The van der Waals surface area contributed by atoms with E-state index in [4.69, 9.17) is 9.15 Å². The van der Waals surface area contributed by atoms with Crippen molar-refractivity contribution in [3.8, 4) is 16.9 Å². The Hall–Kier alpha value is -3.66. The number of carbonyl (C=O) groups excluding carboxylic acids is 1. The fraction of sp³-hybridized carbons (Fsp3) is 0.0833. The van der Waals surface area contributed by atoms with E-state index in [2.05, 4.69) is 0 Å². The Kier molecular flexibility index (Phi) is 4.77. The van der Waals surface area contributed by atoms with Crippen LogP contribution in [0.1, 0.15) is 15.9 Å². The molecular weight excluding hydrogens is 352 g/mol. The SMILES string of the molecule is Cc1cc(OCC(=O)c2ccccc2)c2c(-c3ccccc3)cc(=O)oc2c1. The van der Waals surface area contributed by atoms with Gasteiger partial charge in [-0.2, -0.15) is 0 Å². The maximum absolute atomic E-state index is 12.4. The highest BCUT2D eigenvalue weighted by atomic mass is 16.5. The van der Waals surface area contributed by atoms with E-state index in [0.29, 0.717) is 27.8 Å². The zero-order valence-electron chi connectivity index (χ0n) is 15.3. The molecule has 0 aliphatic rings. The number of ether oxygens (including phenoxy) is 1. The first-order valence-corrected chi connectivity index (χ1v) is 8.97. The molecule has 4 aromatic rings. The summed E-state index contributed by atoms with van der Waals surface area (Å²) < 4.78 is 11.3. The lowest BCUT2D eigenvalue weighted by molar-refractivity contribution is 0.0922. The summed E-state index contributed by atoms with van der Waals surface area (Å²) in [5.41, 5.74) is 3.08. The normalized spacial score (nSPS) is 10.8. The summed E-state index contributed by atoms with van der Waals surface area (Å²) >= 11 is 0. The van der Waals surface area contributed by atoms with Gasteiger partial charge in [-0.05, 0) is 30.2 Å². The molecule has 0 aliphatic carbocycles. The van der Waals surface area contributed by atoms with Gasteiger partial charge < -0.3 is 9.15 Å². The second kappa shape index (κ2) is 7.53. The predicted molar refractivity (Wildman–Crippen MR) is 109 cm³/mol. The summed E-state index contributed by atoms with van der Waals surface area (Å²) in [5, 5.41) is 0.678. The van der Waals surface area contributed by atoms with Crippen LogP contribution in [-0.2, 0) is 0 Å². The van der Waals surface area contributed by atoms with Gasteiger partial charge in [-0.25, -0.2) is 4.79 Å². The third kappa shape index (κ3) is 3.58. The van der Waals surface area contributed by atoms with Crippen LogP contribution in [0.3, 0.4) is 0 Å². The fourth-order valence-corrected chi connectivity index (χ4v) is 3.20. The van der Waals surface area contributed by atoms with E-state index in [1.165, 1.54) is 6.07 Å². The number of benzene rings is 3. The van der Waals surface area contributed by atoms with Gasteiger partial charge in [-0.1, -0.05) is 60.7 Å². The third-order valence-corrected chi connectivity index (χ3v) is 4.49. The molecule has 0 bridgehead atoms. The molecule has 138 valence electrons. The van der Waals surface area contributed by atoms with Crippen LogP contribution >= 0.6 is 0 Å². The molecule has 0 radical (unpaired) electrons. The van der Waals surface area contributed by atoms with Gasteiger partial charge in [-0.3, -0.25) is 4.79 Å². The predicted octanol–water partition coefficient (Wildman–Crippen LogP) is 5.03. The molecule has 0 amide bonds. The van der Waals surface area contributed by atoms with E-state index in [1.54, 1.807) is 18.2 Å². The van der Waals surface area contributed by atoms with Crippen LogP contribution in [0.2, 0.25) is 0 Å². The van der Waals surface area contributed by atoms with Crippen molar-refractivity contribution in [1.29, 1.82) is 0 Å². The number of carbonyl (C=O) groups is 1. The lowest BCUT2D eigenvalue weighted by atomic mass is 10.0. The van der Waals surface area contributed by atoms with Crippen LogP contribution in [0.15, 0.2) is 88.1 Å². The van der Waals surface area contributed by atoms with Crippen molar-refractivity contribution in [2.45, 2.75) is 6.92 Å². The largest absolute Gasteiger partial charge is 0.485 e. The Morgan fingerprint density at radius 1 is 0.929 bits per heavy atom. The standard InChI is InChI=1S/C24H18O4/c1-16-12-21(27-15-20(25)18-10-6-3-7-11-18)24-19(17-8-4-2-5-9-17)14-23(26)28-22(24)13-16/h2-14H,15H2,1H3. The Morgan fingerprint density at radius 3 is 2.32 bits per heavy atom. The van der Waals surface area contributed by atoms with Crippen molar-refractivity contribution in [3.05, 3.63) is 100 Å². The Labute approximate surface area is 162 Å². The maximum atomic E-state index is 12.4. The molecule has 0 atom stereocenters. The molecule has 0 fully saturated rings. The van der Waals surface area contributed by atoms with Gasteiger partial charge in [0, 0.05) is 17.2 Å². The van der Waals surface area contributed by atoms with E-state index < -0.39 is 5.63 Å². The van der Waals surface area contributed by atoms with Crippen molar-refractivity contribution in [3.63, 3.8) is 0 Å². The number of aryl methyl sites for hydroxylation is 1. The lowest BCUT2D eigenvalue weighted by Gasteiger charge is -2.13. The summed E-state index contributed by atoms with van der Waals surface area (Å²) in [6.07, 6.45) is 0. The molecule has 4 heteroatoms. The van der Waals surface area contributed by atoms with Crippen molar-refractivity contribution >= 4 is 16.8 Å². The smallest absolute Gasteiger partial charge is 0.336 e. The van der Waals surface area contributed by atoms with Crippen LogP contribution in [0, 0.1) is 6.92 Å². The minimum Gasteiger partial charge on any atom is -0.485 e. The van der Waals surface area contributed by atoms with Crippen LogP contribution in [-0.4, -0.2) is 12.4 Å².